The molecule has 0 aromatic heterocycles. The van der Waals surface area contributed by atoms with E-state index in [-0.39, 0.29) is 0 Å². The van der Waals surface area contributed by atoms with Crippen LogP contribution in [0.3, 0.4) is 0 Å². The Morgan fingerprint density at radius 2 is 2.50 bits per heavy atom. The van der Waals surface area contributed by atoms with Crippen LogP contribution in [0.15, 0.2) is 12.8 Å². The van der Waals surface area contributed by atoms with Crippen molar-refractivity contribution in [3.8, 4) is 0 Å². The van der Waals surface area contributed by atoms with Crippen molar-refractivity contribution < 1.29 is 4.55 Å². The van der Waals surface area contributed by atoms with Crippen LogP contribution in [-0.2, 0) is 11.2 Å². The van der Waals surface area contributed by atoms with E-state index >= 15 is 0 Å². The zero-order valence-electron chi connectivity index (χ0n) is 5.02. The fourth-order valence-electron chi connectivity index (χ4n) is 0.305. The third-order valence-corrected chi connectivity index (χ3v) is 1.46. The molecule has 3 heteroatoms. The van der Waals surface area contributed by atoms with Crippen molar-refractivity contribution in [3.63, 3.8) is 0 Å². The monoisotopic (exact) mass is 133 g/mol. The molecule has 1 unspecified atom stereocenters. The molecule has 0 fully saturated rings. The molecule has 0 saturated carbocycles. The highest BCUT2D eigenvalue weighted by molar-refractivity contribution is 7.90. The number of nitrogens with one attached hydrogen (secondary N) is 1. The zero-order chi connectivity index (χ0) is 6.41. The molecule has 0 amide bonds. The molecule has 1 N–H and O–H groups in total. The van der Waals surface area contributed by atoms with Crippen LogP contribution in [0.2, 0.25) is 0 Å². The van der Waals surface area contributed by atoms with Gasteiger partial charge in [-0.2, -0.15) is 0 Å². The second-order valence-corrected chi connectivity index (χ2v) is 2.99. The molecule has 0 heterocycles. The Balaban J connectivity index is 2.81. The average Bonchev–Trinajstić information content (AvgIpc) is 1.66. The average molecular weight is 133 g/mol. The minimum absolute atomic E-state index is 0.677. The highest BCUT2D eigenvalue weighted by Crippen LogP contribution is 1.78. The lowest BCUT2D eigenvalue weighted by Crippen LogP contribution is -2.16. The summed E-state index contributed by atoms with van der Waals surface area (Å²) in [5.74, 6) is 0.700. The van der Waals surface area contributed by atoms with Crippen molar-refractivity contribution in [3.05, 3.63) is 12.8 Å². The molecule has 0 aliphatic carbocycles. The Labute approximate surface area is 53.2 Å². The van der Waals surface area contributed by atoms with Crippen molar-refractivity contribution >= 4 is 11.2 Å². The van der Waals surface area contributed by atoms with E-state index in [1.807, 2.05) is 0 Å². The summed E-state index contributed by atoms with van der Waals surface area (Å²) in [6, 6.07) is 0. The number of rotatable bonds is 4. The smallest absolute Gasteiger partial charge is 0.122 e. The van der Waals surface area contributed by atoms with E-state index in [2.05, 4.69) is 11.9 Å². The van der Waals surface area contributed by atoms with Gasteiger partial charge < -0.3 is 9.87 Å². The van der Waals surface area contributed by atoms with E-state index in [4.69, 9.17) is 0 Å². The zero-order valence-corrected chi connectivity index (χ0v) is 5.83. The summed E-state index contributed by atoms with van der Waals surface area (Å²) in [6.45, 7) is 4.20. The largest absolute Gasteiger partial charge is 0.617 e. The van der Waals surface area contributed by atoms with Crippen LogP contribution in [-0.4, -0.2) is 23.1 Å². The fourth-order valence-corrected chi connectivity index (χ4v) is 0.710. The van der Waals surface area contributed by atoms with Crippen molar-refractivity contribution in [1.29, 1.82) is 0 Å². The molecule has 1 atom stereocenters. The fraction of sp³-hybridized carbons (Fsp3) is 0.600. The van der Waals surface area contributed by atoms with Gasteiger partial charge in [-0.1, -0.05) is 17.8 Å². The molecule has 0 bridgehead atoms. The molecular weight excluding hydrogens is 122 g/mol. The van der Waals surface area contributed by atoms with E-state index in [1.165, 1.54) is 0 Å². The maximum absolute atomic E-state index is 10.4. The van der Waals surface area contributed by atoms with E-state index in [0.29, 0.717) is 5.75 Å². The standard InChI is InChI=1S/C5H11NOS/c1-3-6-4-5-8(2)7/h3,6H,1,4-5H2,2H3. The molecule has 0 aromatic carbocycles. The van der Waals surface area contributed by atoms with Gasteiger partial charge in [0.15, 0.2) is 0 Å². The Bertz CT molecular complexity index is 65.4. The molecule has 0 aliphatic heterocycles. The summed E-state index contributed by atoms with van der Waals surface area (Å²) in [4.78, 5) is 0. The van der Waals surface area contributed by atoms with Crippen molar-refractivity contribution in [2.75, 3.05) is 18.6 Å². The summed E-state index contributed by atoms with van der Waals surface area (Å²) in [6.07, 6.45) is 3.29. The minimum atomic E-state index is -0.677. The maximum atomic E-state index is 10.4. The highest BCUT2D eigenvalue weighted by atomic mass is 32.2. The Morgan fingerprint density at radius 3 is 2.88 bits per heavy atom. The van der Waals surface area contributed by atoms with Crippen molar-refractivity contribution in [2.45, 2.75) is 0 Å². The Kier molecular flexibility index (Phi) is 4.90. The van der Waals surface area contributed by atoms with Crippen molar-refractivity contribution in [2.24, 2.45) is 0 Å². The quantitative estimate of drug-likeness (QED) is 0.436. The molecule has 0 aromatic rings. The van der Waals surface area contributed by atoms with Gasteiger partial charge in [-0.3, -0.25) is 0 Å². The topological polar surface area (TPSA) is 35.1 Å². The van der Waals surface area contributed by atoms with Crippen LogP contribution < -0.4 is 5.32 Å². The van der Waals surface area contributed by atoms with Gasteiger partial charge in [0.2, 0.25) is 0 Å². The molecule has 0 spiro atoms. The molecule has 8 heavy (non-hydrogen) atoms. The molecule has 0 saturated heterocycles. The first kappa shape index (κ1) is 7.85. The summed E-state index contributed by atoms with van der Waals surface area (Å²) >= 11 is -0.677. The van der Waals surface area contributed by atoms with Gasteiger partial charge in [-0.25, -0.2) is 0 Å². The van der Waals surface area contributed by atoms with E-state index < -0.39 is 11.2 Å². The van der Waals surface area contributed by atoms with Crippen LogP contribution in [0, 0.1) is 0 Å². The van der Waals surface area contributed by atoms with Gasteiger partial charge >= 0.3 is 0 Å². The second kappa shape index (κ2) is 5.00. The third-order valence-electron chi connectivity index (χ3n) is 0.678. The van der Waals surface area contributed by atoms with Crippen LogP contribution in [0.25, 0.3) is 0 Å². The predicted octanol–water partition coefficient (Wildman–Crippen LogP) is 0.0980. The summed E-state index contributed by atoms with van der Waals surface area (Å²) < 4.78 is 10.4. The predicted molar refractivity (Wildman–Crippen MR) is 37.1 cm³/mol. The van der Waals surface area contributed by atoms with Gasteiger partial charge in [0.05, 0.1) is 12.8 Å². The van der Waals surface area contributed by atoms with Gasteiger partial charge in [0.25, 0.3) is 0 Å². The summed E-state index contributed by atoms with van der Waals surface area (Å²) in [7, 11) is 0. The molecule has 2 nitrogen and oxygen atoms in total. The molecule has 48 valence electrons. The number of hydrogen-bond donors (Lipinski definition) is 1. The van der Waals surface area contributed by atoms with Gasteiger partial charge in [-0.05, 0) is 6.20 Å². The number of hydrogen-bond acceptors (Lipinski definition) is 2. The second-order valence-electron chi connectivity index (χ2n) is 1.44. The van der Waals surface area contributed by atoms with E-state index in [0.717, 1.165) is 6.54 Å². The van der Waals surface area contributed by atoms with Crippen LogP contribution in [0.1, 0.15) is 0 Å². The van der Waals surface area contributed by atoms with E-state index in [9.17, 15) is 4.55 Å². The molecule has 0 rings (SSSR count). The van der Waals surface area contributed by atoms with Crippen LogP contribution >= 0.6 is 0 Å². The normalized spacial score (nSPS) is 12.8. The van der Waals surface area contributed by atoms with Gasteiger partial charge in [0.1, 0.15) is 5.75 Å². The summed E-state index contributed by atoms with van der Waals surface area (Å²) in [5.41, 5.74) is 0. The molecule has 0 radical (unpaired) electrons. The lowest BCUT2D eigenvalue weighted by atomic mass is 10.7. The Morgan fingerprint density at radius 1 is 1.88 bits per heavy atom. The maximum Gasteiger partial charge on any atom is 0.122 e. The van der Waals surface area contributed by atoms with Gasteiger partial charge in [0, 0.05) is 0 Å². The lowest BCUT2D eigenvalue weighted by Gasteiger charge is -2.02. The summed E-state index contributed by atoms with van der Waals surface area (Å²) in [5, 5.41) is 2.85. The molecular formula is C5H11NOS. The van der Waals surface area contributed by atoms with E-state index in [1.54, 1.807) is 12.5 Å². The van der Waals surface area contributed by atoms with Crippen LogP contribution in [0.5, 0.6) is 0 Å². The SMILES string of the molecule is C=CNCC[S+](C)[O-]. The van der Waals surface area contributed by atoms with Gasteiger partial charge in [-0.15, -0.1) is 0 Å². The third kappa shape index (κ3) is 5.85. The van der Waals surface area contributed by atoms with Crippen LogP contribution in [0.4, 0.5) is 0 Å². The minimum Gasteiger partial charge on any atom is -0.617 e. The first-order valence-electron chi connectivity index (χ1n) is 2.41. The van der Waals surface area contributed by atoms with Crippen molar-refractivity contribution in [1.82, 2.24) is 5.32 Å². The Hall–Kier alpha value is -0.150. The lowest BCUT2D eigenvalue weighted by molar-refractivity contribution is 0.599. The highest BCUT2D eigenvalue weighted by Gasteiger charge is 1.91. The first-order valence-corrected chi connectivity index (χ1v) is 4.14. The molecule has 0 aliphatic rings. The first-order chi connectivity index (χ1) is 3.77.